The minimum Gasteiger partial charge on any atom is -0.377 e. The van der Waals surface area contributed by atoms with E-state index < -0.39 is 0 Å². The molecule has 0 unspecified atom stereocenters. The number of hydrogen-bond donors (Lipinski definition) is 0. The molecule has 0 amide bonds. The molecule has 0 aromatic rings. The van der Waals surface area contributed by atoms with Gasteiger partial charge in [-0.05, 0) is 37.8 Å². The molecule has 13 heavy (non-hydrogen) atoms. The Balaban J connectivity index is 0.000000671. The van der Waals surface area contributed by atoms with E-state index in [4.69, 9.17) is 4.74 Å². The summed E-state index contributed by atoms with van der Waals surface area (Å²) in [5, 5.41) is 0. The van der Waals surface area contributed by atoms with Crippen LogP contribution >= 0.6 is 0 Å². The van der Waals surface area contributed by atoms with E-state index in [1.165, 1.54) is 24.0 Å². The first-order valence-corrected chi connectivity index (χ1v) is 5.28. The van der Waals surface area contributed by atoms with Gasteiger partial charge in [-0.15, -0.1) is 0 Å². The predicted molar refractivity (Wildman–Crippen MR) is 58.9 cm³/mol. The van der Waals surface area contributed by atoms with Crippen molar-refractivity contribution in [3.8, 4) is 0 Å². The van der Waals surface area contributed by atoms with Crippen molar-refractivity contribution in [2.45, 2.75) is 40.5 Å². The van der Waals surface area contributed by atoms with Crippen molar-refractivity contribution in [1.29, 1.82) is 0 Å². The maximum atomic E-state index is 5.33. The number of allylic oxidation sites excluding steroid dienone is 2. The summed E-state index contributed by atoms with van der Waals surface area (Å²) in [5.74, 6) is 0. The first-order valence-electron chi connectivity index (χ1n) is 5.28. The molecule has 0 atom stereocenters. The van der Waals surface area contributed by atoms with Crippen LogP contribution in [0.1, 0.15) is 40.5 Å². The Bertz CT molecular complexity index is 178. The van der Waals surface area contributed by atoms with Crippen molar-refractivity contribution in [3.05, 3.63) is 23.3 Å². The van der Waals surface area contributed by atoms with Crippen molar-refractivity contribution < 1.29 is 4.74 Å². The average Bonchev–Trinajstić information content (AvgIpc) is 2.20. The second-order valence-corrected chi connectivity index (χ2v) is 2.83. The molecular formula is C12H22O. The third kappa shape index (κ3) is 4.89. The summed E-state index contributed by atoms with van der Waals surface area (Å²) in [6.07, 6.45) is 6.94. The highest BCUT2D eigenvalue weighted by Crippen LogP contribution is 2.17. The highest BCUT2D eigenvalue weighted by molar-refractivity contribution is 5.32. The van der Waals surface area contributed by atoms with Crippen LogP contribution in [0, 0.1) is 0 Å². The van der Waals surface area contributed by atoms with E-state index in [0.717, 1.165) is 13.2 Å². The first-order chi connectivity index (χ1) is 6.34. The summed E-state index contributed by atoms with van der Waals surface area (Å²) in [6.45, 7) is 9.79. The molecule has 0 N–H and O–H groups in total. The van der Waals surface area contributed by atoms with Gasteiger partial charge in [-0.25, -0.2) is 0 Å². The number of ether oxygens (including phenoxy) is 1. The Morgan fingerprint density at radius 2 is 1.85 bits per heavy atom. The molecular weight excluding hydrogens is 160 g/mol. The molecule has 0 aromatic heterocycles. The van der Waals surface area contributed by atoms with E-state index in [0.29, 0.717) is 0 Å². The van der Waals surface area contributed by atoms with Gasteiger partial charge in [0.2, 0.25) is 0 Å². The van der Waals surface area contributed by atoms with Crippen molar-refractivity contribution in [2.75, 3.05) is 13.2 Å². The molecule has 1 aliphatic rings. The maximum Gasteiger partial charge on any atom is 0.0716 e. The molecule has 0 saturated heterocycles. The van der Waals surface area contributed by atoms with Crippen LogP contribution in [0.2, 0.25) is 0 Å². The molecule has 0 saturated carbocycles. The topological polar surface area (TPSA) is 9.23 Å². The van der Waals surface area contributed by atoms with Crippen molar-refractivity contribution in [3.63, 3.8) is 0 Å². The van der Waals surface area contributed by atoms with Gasteiger partial charge in [0.15, 0.2) is 0 Å². The summed E-state index contributed by atoms with van der Waals surface area (Å²) in [5.41, 5.74) is 2.77. The standard InChI is InChI=1S/C10H16O.C2H6/c1-3-11-8-10-7-5-4-6-9(10)2;1-2/h6-7H,3-5,8H2,1-2H3;1-2H3. The minimum absolute atomic E-state index is 0.791. The number of hydrogen-bond acceptors (Lipinski definition) is 1. The minimum atomic E-state index is 0.791. The molecule has 0 fully saturated rings. The van der Waals surface area contributed by atoms with Crippen LogP contribution in [0.4, 0.5) is 0 Å². The number of rotatable bonds is 3. The molecule has 0 aliphatic heterocycles. The zero-order valence-corrected chi connectivity index (χ0v) is 9.39. The van der Waals surface area contributed by atoms with Crippen LogP contribution in [0.25, 0.3) is 0 Å². The lowest BCUT2D eigenvalue weighted by Gasteiger charge is -2.11. The van der Waals surface area contributed by atoms with Crippen LogP contribution in [0.3, 0.4) is 0 Å². The van der Waals surface area contributed by atoms with Gasteiger partial charge in [0.25, 0.3) is 0 Å². The van der Waals surface area contributed by atoms with Gasteiger partial charge < -0.3 is 4.74 Å². The Labute approximate surface area is 82.5 Å². The van der Waals surface area contributed by atoms with Crippen molar-refractivity contribution in [1.82, 2.24) is 0 Å². The second kappa shape index (κ2) is 8.06. The predicted octanol–water partition coefficient (Wildman–Crippen LogP) is 3.72. The summed E-state index contributed by atoms with van der Waals surface area (Å²) in [7, 11) is 0. The highest BCUT2D eigenvalue weighted by Gasteiger charge is 2.02. The third-order valence-electron chi connectivity index (χ3n) is 1.98. The highest BCUT2D eigenvalue weighted by atomic mass is 16.5. The SMILES string of the molecule is CC.CCOCC1=CCCC=C1C. The Morgan fingerprint density at radius 1 is 1.23 bits per heavy atom. The van der Waals surface area contributed by atoms with Crippen LogP contribution in [-0.4, -0.2) is 13.2 Å². The molecule has 0 bridgehead atoms. The maximum absolute atomic E-state index is 5.33. The largest absolute Gasteiger partial charge is 0.377 e. The first kappa shape index (κ1) is 12.4. The second-order valence-electron chi connectivity index (χ2n) is 2.83. The molecule has 76 valence electrons. The Morgan fingerprint density at radius 3 is 2.38 bits per heavy atom. The lowest BCUT2D eigenvalue weighted by molar-refractivity contribution is 0.171. The molecule has 1 aliphatic carbocycles. The van der Waals surface area contributed by atoms with Crippen LogP contribution in [0.15, 0.2) is 23.3 Å². The van der Waals surface area contributed by atoms with Crippen LogP contribution in [-0.2, 0) is 4.74 Å². The van der Waals surface area contributed by atoms with E-state index in [-0.39, 0.29) is 0 Å². The zero-order chi connectivity index (χ0) is 10.1. The van der Waals surface area contributed by atoms with Gasteiger partial charge >= 0.3 is 0 Å². The lowest BCUT2D eigenvalue weighted by atomic mass is 10.0. The van der Waals surface area contributed by atoms with Gasteiger partial charge in [-0.1, -0.05) is 26.0 Å². The van der Waals surface area contributed by atoms with Gasteiger partial charge in [0.1, 0.15) is 0 Å². The van der Waals surface area contributed by atoms with Gasteiger partial charge in [-0.3, -0.25) is 0 Å². The zero-order valence-electron chi connectivity index (χ0n) is 9.39. The molecule has 1 rings (SSSR count). The summed E-state index contributed by atoms with van der Waals surface area (Å²) < 4.78 is 5.33. The van der Waals surface area contributed by atoms with E-state index in [9.17, 15) is 0 Å². The van der Waals surface area contributed by atoms with E-state index >= 15 is 0 Å². The normalized spacial score (nSPS) is 15.4. The summed E-state index contributed by atoms with van der Waals surface area (Å²) in [6, 6.07) is 0. The van der Waals surface area contributed by atoms with Crippen molar-refractivity contribution in [2.24, 2.45) is 0 Å². The quantitative estimate of drug-likeness (QED) is 0.646. The van der Waals surface area contributed by atoms with Crippen LogP contribution < -0.4 is 0 Å². The third-order valence-corrected chi connectivity index (χ3v) is 1.98. The monoisotopic (exact) mass is 182 g/mol. The molecule has 0 heterocycles. The molecule has 1 heteroatoms. The summed E-state index contributed by atoms with van der Waals surface area (Å²) in [4.78, 5) is 0. The molecule has 0 radical (unpaired) electrons. The fourth-order valence-corrected chi connectivity index (χ4v) is 1.23. The molecule has 0 aromatic carbocycles. The Hall–Kier alpha value is -0.560. The van der Waals surface area contributed by atoms with Crippen LogP contribution in [0.5, 0.6) is 0 Å². The van der Waals surface area contributed by atoms with E-state index in [1.54, 1.807) is 0 Å². The molecule has 1 nitrogen and oxygen atoms in total. The van der Waals surface area contributed by atoms with Crippen molar-refractivity contribution >= 4 is 0 Å². The van der Waals surface area contributed by atoms with E-state index in [1.807, 2.05) is 20.8 Å². The van der Waals surface area contributed by atoms with Gasteiger partial charge in [-0.2, -0.15) is 0 Å². The molecule has 0 spiro atoms. The smallest absolute Gasteiger partial charge is 0.0716 e. The summed E-state index contributed by atoms with van der Waals surface area (Å²) >= 11 is 0. The average molecular weight is 182 g/mol. The Kier molecular flexibility index (Phi) is 7.71. The van der Waals surface area contributed by atoms with Gasteiger partial charge in [0.05, 0.1) is 6.61 Å². The fraction of sp³-hybridized carbons (Fsp3) is 0.667. The van der Waals surface area contributed by atoms with E-state index in [2.05, 4.69) is 19.1 Å². The van der Waals surface area contributed by atoms with Gasteiger partial charge in [0, 0.05) is 6.61 Å². The lowest BCUT2D eigenvalue weighted by Crippen LogP contribution is -2.01. The fourth-order valence-electron chi connectivity index (χ4n) is 1.23.